The molecule has 0 spiro atoms. The number of hydrogen-bond donors (Lipinski definition) is 1. The van der Waals surface area contributed by atoms with E-state index in [0.717, 1.165) is 37.1 Å². The predicted molar refractivity (Wildman–Crippen MR) is 109 cm³/mol. The first-order valence-corrected chi connectivity index (χ1v) is 9.41. The minimum absolute atomic E-state index is 0.0240. The van der Waals surface area contributed by atoms with Crippen LogP contribution in [0.5, 0.6) is 11.5 Å². The minimum atomic E-state index is -0.0240. The van der Waals surface area contributed by atoms with Crippen LogP contribution < -0.4 is 19.7 Å². The molecular weight excluding hydrogens is 358 g/mol. The zero-order valence-corrected chi connectivity index (χ0v) is 16.9. The summed E-state index contributed by atoms with van der Waals surface area (Å²) >= 11 is 0. The van der Waals surface area contributed by atoms with Gasteiger partial charge in [-0.3, -0.25) is 4.79 Å². The molecule has 8 nitrogen and oxygen atoms in total. The molecule has 0 saturated carbocycles. The number of ether oxygens (including phenoxy) is 2. The normalized spacial score (nSPS) is 14.0. The van der Waals surface area contributed by atoms with Gasteiger partial charge < -0.3 is 24.6 Å². The topological polar surface area (TPSA) is 79.8 Å². The van der Waals surface area contributed by atoms with Crippen molar-refractivity contribution in [3.8, 4) is 11.5 Å². The molecule has 28 heavy (non-hydrogen) atoms. The summed E-state index contributed by atoms with van der Waals surface area (Å²) in [5, 5.41) is 3.23. The Morgan fingerprint density at radius 3 is 2.25 bits per heavy atom. The second kappa shape index (κ2) is 8.77. The molecular formula is C20H27N5O3. The molecule has 1 saturated heterocycles. The molecule has 1 aromatic heterocycles. The molecule has 3 rings (SSSR count). The number of benzene rings is 1. The number of aromatic nitrogens is 2. The Labute approximate surface area is 165 Å². The molecule has 1 aliphatic rings. The van der Waals surface area contributed by atoms with Crippen molar-refractivity contribution in [3.05, 3.63) is 35.7 Å². The van der Waals surface area contributed by atoms with E-state index >= 15 is 0 Å². The predicted octanol–water partition coefficient (Wildman–Crippen LogP) is 2.20. The Balaban J connectivity index is 1.69. The molecule has 150 valence electrons. The third kappa shape index (κ3) is 4.44. The number of carbonyl (C=O) groups is 1. The van der Waals surface area contributed by atoms with Crippen molar-refractivity contribution in [2.24, 2.45) is 0 Å². The van der Waals surface area contributed by atoms with E-state index in [2.05, 4.69) is 20.2 Å². The van der Waals surface area contributed by atoms with E-state index in [1.54, 1.807) is 32.4 Å². The summed E-state index contributed by atoms with van der Waals surface area (Å²) in [6.45, 7) is 7.41. The fourth-order valence-corrected chi connectivity index (χ4v) is 3.24. The molecule has 1 N–H and O–H groups in total. The first-order valence-electron chi connectivity index (χ1n) is 9.41. The van der Waals surface area contributed by atoms with Gasteiger partial charge in [0.2, 0.25) is 0 Å². The van der Waals surface area contributed by atoms with Crippen molar-refractivity contribution in [2.45, 2.75) is 13.8 Å². The van der Waals surface area contributed by atoms with Gasteiger partial charge in [-0.2, -0.15) is 0 Å². The highest BCUT2D eigenvalue weighted by Crippen LogP contribution is 2.24. The third-order valence-electron chi connectivity index (χ3n) is 4.67. The maximum Gasteiger partial charge on any atom is 0.254 e. The van der Waals surface area contributed by atoms with E-state index < -0.39 is 0 Å². The number of amides is 1. The molecule has 0 atom stereocenters. The van der Waals surface area contributed by atoms with Crippen LogP contribution in [0.15, 0.2) is 24.3 Å². The van der Waals surface area contributed by atoms with Gasteiger partial charge in [-0.05, 0) is 26.0 Å². The first kappa shape index (κ1) is 19.7. The highest BCUT2D eigenvalue weighted by atomic mass is 16.5. The van der Waals surface area contributed by atoms with E-state index in [-0.39, 0.29) is 5.91 Å². The Bertz CT molecular complexity index is 812. The maximum absolute atomic E-state index is 12.9. The van der Waals surface area contributed by atoms with Crippen molar-refractivity contribution < 1.29 is 14.3 Å². The van der Waals surface area contributed by atoms with Crippen LogP contribution in [0, 0.1) is 6.92 Å². The molecule has 1 amide bonds. The number of nitrogens with zero attached hydrogens (tertiary/aromatic N) is 4. The van der Waals surface area contributed by atoms with Crippen LogP contribution >= 0.6 is 0 Å². The van der Waals surface area contributed by atoms with E-state index in [1.165, 1.54) is 0 Å². The summed E-state index contributed by atoms with van der Waals surface area (Å²) in [5.41, 5.74) is 0.567. The van der Waals surface area contributed by atoms with Gasteiger partial charge in [0.1, 0.15) is 29.0 Å². The smallest absolute Gasteiger partial charge is 0.254 e. The average molecular weight is 385 g/mol. The Morgan fingerprint density at radius 1 is 1.04 bits per heavy atom. The van der Waals surface area contributed by atoms with Crippen LogP contribution in [-0.4, -0.2) is 67.7 Å². The van der Waals surface area contributed by atoms with Crippen LogP contribution in [0.4, 0.5) is 11.6 Å². The van der Waals surface area contributed by atoms with Crippen molar-refractivity contribution >= 4 is 17.5 Å². The fraction of sp³-hybridized carbons (Fsp3) is 0.450. The summed E-state index contributed by atoms with van der Waals surface area (Å²) in [7, 11) is 3.15. The lowest BCUT2D eigenvalue weighted by molar-refractivity contribution is 0.0745. The van der Waals surface area contributed by atoms with Crippen LogP contribution in [-0.2, 0) is 0 Å². The number of anilines is 2. The summed E-state index contributed by atoms with van der Waals surface area (Å²) in [4.78, 5) is 25.9. The standard InChI is InChI=1S/C20H27N5O3/c1-5-21-18-13-19(23-14(2)22-18)24-6-8-25(9-7-24)20(26)15-10-16(27-3)12-17(11-15)28-4/h10-13H,5-9H2,1-4H3,(H,21,22,23). The number of nitrogens with one attached hydrogen (secondary N) is 1. The fourth-order valence-electron chi connectivity index (χ4n) is 3.24. The molecule has 1 fully saturated rings. The van der Waals surface area contributed by atoms with Gasteiger partial charge >= 0.3 is 0 Å². The van der Waals surface area contributed by atoms with Gasteiger partial charge in [-0.25, -0.2) is 9.97 Å². The highest BCUT2D eigenvalue weighted by Gasteiger charge is 2.24. The number of aryl methyl sites for hydroxylation is 1. The van der Waals surface area contributed by atoms with E-state index in [4.69, 9.17) is 9.47 Å². The number of rotatable bonds is 6. The van der Waals surface area contributed by atoms with E-state index in [9.17, 15) is 4.79 Å². The van der Waals surface area contributed by atoms with E-state index in [1.807, 2.05) is 24.8 Å². The van der Waals surface area contributed by atoms with Crippen molar-refractivity contribution in [1.29, 1.82) is 0 Å². The zero-order valence-electron chi connectivity index (χ0n) is 16.9. The number of methoxy groups -OCH3 is 2. The van der Waals surface area contributed by atoms with Gasteiger partial charge in [-0.15, -0.1) is 0 Å². The van der Waals surface area contributed by atoms with Gasteiger partial charge in [0.25, 0.3) is 5.91 Å². The van der Waals surface area contributed by atoms with E-state index in [0.29, 0.717) is 30.2 Å². The molecule has 0 radical (unpaired) electrons. The van der Waals surface area contributed by atoms with Crippen molar-refractivity contribution in [2.75, 3.05) is 57.2 Å². The monoisotopic (exact) mass is 385 g/mol. The van der Waals surface area contributed by atoms with Gasteiger partial charge in [0, 0.05) is 50.4 Å². The number of carbonyl (C=O) groups excluding carboxylic acids is 1. The Kier molecular flexibility index (Phi) is 6.18. The van der Waals surface area contributed by atoms with Gasteiger partial charge in [0.15, 0.2) is 0 Å². The Hall–Kier alpha value is -3.03. The quantitative estimate of drug-likeness (QED) is 0.816. The lowest BCUT2D eigenvalue weighted by atomic mass is 10.1. The third-order valence-corrected chi connectivity index (χ3v) is 4.67. The lowest BCUT2D eigenvalue weighted by Gasteiger charge is -2.35. The molecule has 1 aliphatic heterocycles. The van der Waals surface area contributed by atoms with Crippen LogP contribution in [0.1, 0.15) is 23.1 Å². The molecule has 1 aromatic carbocycles. The summed E-state index contributed by atoms with van der Waals surface area (Å²) in [6, 6.07) is 7.20. The first-order chi connectivity index (χ1) is 13.5. The molecule has 8 heteroatoms. The summed E-state index contributed by atoms with van der Waals surface area (Å²) < 4.78 is 10.5. The lowest BCUT2D eigenvalue weighted by Crippen LogP contribution is -2.49. The largest absolute Gasteiger partial charge is 0.497 e. The average Bonchev–Trinajstić information content (AvgIpc) is 2.72. The van der Waals surface area contributed by atoms with Crippen molar-refractivity contribution in [3.63, 3.8) is 0 Å². The van der Waals surface area contributed by atoms with Crippen LogP contribution in [0.2, 0.25) is 0 Å². The second-order valence-electron chi connectivity index (χ2n) is 6.57. The molecule has 0 unspecified atom stereocenters. The molecule has 0 bridgehead atoms. The highest BCUT2D eigenvalue weighted by molar-refractivity contribution is 5.95. The maximum atomic E-state index is 12.9. The SMILES string of the molecule is CCNc1cc(N2CCN(C(=O)c3cc(OC)cc(OC)c3)CC2)nc(C)n1. The Morgan fingerprint density at radius 2 is 1.68 bits per heavy atom. The van der Waals surface area contributed by atoms with Crippen LogP contribution in [0.25, 0.3) is 0 Å². The van der Waals surface area contributed by atoms with Gasteiger partial charge in [0.05, 0.1) is 14.2 Å². The zero-order chi connectivity index (χ0) is 20.1. The summed E-state index contributed by atoms with van der Waals surface area (Å²) in [5.74, 6) is 3.63. The number of hydrogen-bond acceptors (Lipinski definition) is 7. The number of piperazine rings is 1. The van der Waals surface area contributed by atoms with Crippen LogP contribution in [0.3, 0.4) is 0 Å². The molecule has 2 heterocycles. The second-order valence-corrected chi connectivity index (χ2v) is 6.57. The van der Waals surface area contributed by atoms with Crippen molar-refractivity contribution in [1.82, 2.24) is 14.9 Å². The minimum Gasteiger partial charge on any atom is -0.497 e. The molecule has 0 aliphatic carbocycles. The summed E-state index contributed by atoms with van der Waals surface area (Å²) in [6.07, 6.45) is 0. The van der Waals surface area contributed by atoms with Gasteiger partial charge in [-0.1, -0.05) is 0 Å². The molecule has 2 aromatic rings.